The average Bonchev–Trinajstić information content (AvgIpc) is 2.96. The Morgan fingerprint density at radius 3 is 2.78 bits per heavy atom. The highest BCUT2D eigenvalue weighted by Crippen LogP contribution is 2.32. The third-order valence-electron chi connectivity index (χ3n) is 3.33. The second kappa shape index (κ2) is 6.60. The molecule has 1 heterocycles. The fourth-order valence-corrected chi connectivity index (χ4v) is 2.36. The van der Waals surface area contributed by atoms with E-state index in [4.69, 9.17) is 14.2 Å². The molecule has 2 aromatic rings. The Kier molecular flexibility index (Phi) is 4.37. The van der Waals surface area contributed by atoms with Crippen LogP contribution in [0.3, 0.4) is 0 Å². The maximum absolute atomic E-state index is 12.3. The van der Waals surface area contributed by atoms with Gasteiger partial charge in [0.2, 0.25) is 12.7 Å². The molecule has 0 fully saturated rings. The molecule has 0 bridgehead atoms. The van der Waals surface area contributed by atoms with Crippen molar-refractivity contribution in [3.8, 4) is 17.2 Å². The Bertz CT molecular complexity index is 712. The smallest absolute Gasteiger partial charge is 0.231 e. The number of carbonyl (C=O) groups is 1. The van der Waals surface area contributed by atoms with Crippen molar-refractivity contribution < 1.29 is 19.0 Å². The number of amides is 1. The molecule has 0 saturated heterocycles. The summed E-state index contributed by atoms with van der Waals surface area (Å²) in [5, 5.41) is 2.90. The van der Waals surface area contributed by atoms with Gasteiger partial charge in [0.05, 0.1) is 18.2 Å². The van der Waals surface area contributed by atoms with Gasteiger partial charge in [-0.2, -0.15) is 0 Å². The second-order valence-corrected chi connectivity index (χ2v) is 5.58. The summed E-state index contributed by atoms with van der Waals surface area (Å²) in [5.74, 6) is 1.95. The largest absolute Gasteiger partial charge is 0.489 e. The third kappa shape index (κ3) is 3.74. The van der Waals surface area contributed by atoms with Crippen LogP contribution in [0, 0.1) is 0 Å². The van der Waals surface area contributed by atoms with E-state index in [1.54, 1.807) is 0 Å². The maximum Gasteiger partial charge on any atom is 0.231 e. The standard InChI is InChI=1S/C18H19NO4/c1-12(2)23-15-6-4-3-5-14(15)19-18(20)10-13-7-8-16-17(9-13)22-11-21-16/h3-9,12H,10-11H2,1-2H3,(H,19,20). The Morgan fingerprint density at radius 2 is 1.96 bits per heavy atom. The summed E-state index contributed by atoms with van der Waals surface area (Å²) in [4.78, 5) is 12.3. The predicted molar refractivity (Wildman–Crippen MR) is 87.1 cm³/mol. The highest BCUT2D eigenvalue weighted by Gasteiger charge is 2.15. The van der Waals surface area contributed by atoms with Crippen LogP contribution in [0.4, 0.5) is 5.69 Å². The van der Waals surface area contributed by atoms with Crippen LogP contribution in [0.5, 0.6) is 17.2 Å². The monoisotopic (exact) mass is 313 g/mol. The van der Waals surface area contributed by atoms with Gasteiger partial charge in [0.15, 0.2) is 11.5 Å². The van der Waals surface area contributed by atoms with Gasteiger partial charge in [-0.05, 0) is 43.7 Å². The van der Waals surface area contributed by atoms with Crippen LogP contribution >= 0.6 is 0 Å². The van der Waals surface area contributed by atoms with Crippen molar-refractivity contribution in [2.45, 2.75) is 26.4 Å². The Balaban J connectivity index is 1.68. The molecule has 0 aliphatic carbocycles. The van der Waals surface area contributed by atoms with E-state index in [2.05, 4.69) is 5.32 Å². The van der Waals surface area contributed by atoms with Gasteiger partial charge in [-0.3, -0.25) is 4.79 Å². The maximum atomic E-state index is 12.3. The summed E-state index contributed by atoms with van der Waals surface area (Å²) in [6.07, 6.45) is 0.300. The first-order valence-electron chi connectivity index (χ1n) is 7.56. The van der Waals surface area contributed by atoms with E-state index in [1.807, 2.05) is 56.3 Å². The van der Waals surface area contributed by atoms with Crippen molar-refractivity contribution in [3.05, 3.63) is 48.0 Å². The lowest BCUT2D eigenvalue weighted by Crippen LogP contribution is -2.16. The molecule has 120 valence electrons. The van der Waals surface area contributed by atoms with E-state index >= 15 is 0 Å². The first-order valence-corrected chi connectivity index (χ1v) is 7.56. The van der Waals surface area contributed by atoms with Crippen LogP contribution < -0.4 is 19.5 Å². The summed E-state index contributed by atoms with van der Waals surface area (Å²) >= 11 is 0. The van der Waals surface area contributed by atoms with Crippen molar-refractivity contribution in [1.82, 2.24) is 0 Å². The Morgan fingerprint density at radius 1 is 1.17 bits per heavy atom. The molecule has 0 aromatic heterocycles. The van der Waals surface area contributed by atoms with Gasteiger partial charge >= 0.3 is 0 Å². The lowest BCUT2D eigenvalue weighted by Gasteiger charge is -2.14. The molecular weight excluding hydrogens is 294 g/mol. The van der Waals surface area contributed by atoms with Gasteiger partial charge < -0.3 is 19.5 Å². The number of rotatable bonds is 5. The molecule has 23 heavy (non-hydrogen) atoms. The zero-order valence-electron chi connectivity index (χ0n) is 13.2. The number of carbonyl (C=O) groups excluding carboxylic acids is 1. The predicted octanol–water partition coefficient (Wildman–Crippen LogP) is 3.38. The fraction of sp³-hybridized carbons (Fsp3) is 0.278. The fourth-order valence-electron chi connectivity index (χ4n) is 2.36. The molecule has 0 unspecified atom stereocenters. The normalized spacial score (nSPS) is 12.3. The van der Waals surface area contributed by atoms with Crippen LogP contribution in [-0.2, 0) is 11.2 Å². The molecule has 2 aromatic carbocycles. The number of para-hydroxylation sites is 2. The van der Waals surface area contributed by atoms with Crippen molar-refractivity contribution in [2.75, 3.05) is 12.1 Å². The quantitative estimate of drug-likeness (QED) is 0.919. The van der Waals surface area contributed by atoms with Gasteiger partial charge in [0.25, 0.3) is 0 Å². The SMILES string of the molecule is CC(C)Oc1ccccc1NC(=O)Cc1ccc2c(c1)OCO2. The number of benzene rings is 2. The number of hydrogen-bond acceptors (Lipinski definition) is 4. The van der Waals surface area contributed by atoms with E-state index < -0.39 is 0 Å². The number of hydrogen-bond donors (Lipinski definition) is 1. The topological polar surface area (TPSA) is 56.8 Å². The summed E-state index contributed by atoms with van der Waals surface area (Å²) < 4.78 is 16.3. The van der Waals surface area contributed by atoms with E-state index in [1.165, 1.54) is 0 Å². The second-order valence-electron chi connectivity index (χ2n) is 5.58. The highest BCUT2D eigenvalue weighted by atomic mass is 16.7. The van der Waals surface area contributed by atoms with Gasteiger partial charge in [-0.25, -0.2) is 0 Å². The van der Waals surface area contributed by atoms with Gasteiger partial charge in [0.1, 0.15) is 5.75 Å². The van der Waals surface area contributed by atoms with Crippen molar-refractivity contribution >= 4 is 11.6 Å². The molecule has 0 atom stereocenters. The third-order valence-corrected chi connectivity index (χ3v) is 3.33. The van der Waals surface area contributed by atoms with Crippen LogP contribution in [-0.4, -0.2) is 18.8 Å². The van der Waals surface area contributed by atoms with E-state index in [0.29, 0.717) is 22.9 Å². The molecule has 3 rings (SSSR count). The summed E-state index contributed by atoms with van der Waals surface area (Å²) in [5.41, 5.74) is 1.54. The summed E-state index contributed by atoms with van der Waals surface area (Å²) in [6, 6.07) is 12.9. The molecule has 0 radical (unpaired) electrons. The molecule has 1 aliphatic rings. The first kappa shape index (κ1) is 15.2. The van der Waals surface area contributed by atoms with Gasteiger partial charge in [0, 0.05) is 0 Å². The lowest BCUT2D eigenvalue weighted by atomic mass is 10.1. The minimum Gasteiger partial charge on any atom is -0.489 e. The molecule has 1 aliphatic heterocycles. The number of ether oxygens (including phenoxy) is 3. The van der Waals surface area contributed by atoms with Crippen molar-refractivity contribution in [3.63, 3.8) is 0 Å². The van der Waals surface area contributed by atoms with Crippen molar-refractivity contribution in [1.29, 1.82) is 0 Å². The van der Waals surface area contributed by atoms with Gasteiger partial charge in [-0.1, -0.05) is 18.2 Å². The van der Waals surface area contributed by atoms with E-state index in [9.17, 15) is 4.79 Å². The molecule has 1 amide bonds. The minimum atomic E-state index is -0.108. The average molecular weight is 313 g/mol. The molecular formula is C18H19NO4. The highest BCUT2D eigenvalue weighted by molar-refractivity contribution is 5.93. The van der Waals surface area contributed by atoms with E-state index in [-0.39, 0.29) is 25.2 Å². The van der Waals surface area contributed by atoms with Crippen LogP contribution in [0.2, 0.25) is 0 Å². The Labute approximate surface area is 135 Å². The molecule has 0 spiro atoms. The molecule has 5 heteroatoms. The number of anilines is 1. The molecule has 5 nitrogen and oxygen atoms in total. The van der Waals surface area contributed by atoms with Crippen LogP contribution in [0.1, 0.15) is 19.4 Å². The first-order chi connectivity index (χ1) is 11.1. The summed E-state index contributed by atoms with van der Waals surface area (Å²) in [7, 11) is 0. The zero-order chi connectivity index (χ0) is 16.2. The van der Waals surface area contributed by atoms with Crippen LogP contribution in [0.25, 0.3) is 0 Å². The number of fused-ring (bicyclic) bond motifs is 1. The Hall–Kier alpha value is -2.69. The minimum absolute atomic E-state index is 0.0434. The van der Waals surface area contributed by atoms with Gasteiger partial charge in [-0.15, -0.1) is 0 Å². The summed E-state index contributed by atoms with van der Waals surface area (Å²) in [6.45, 7) is 4.13. The van der Waals surface area contributed by atoms with Crippen molar-refractivity contribution in [2.24, 2.45) is 0 Å². The lowest BCUT2D eigenvalue weighted by molar-refractivity contribution is -0.115. The van der Waals surface area contributed by atoms with Crippen LogP contribution in [0.15, 0.2) is 42.5 Å². The zero-order valence-corrected chi connectivity index (χ0v) is 13.2. The van der Waals surface area contributed by atoms with E-state index in [0.717, 1.165) is 5.56 Å². The molecule has 0 saturated carbocycles. The molecule has 1 N–H and O–H groups in total. The number of nitrogens with one attached hydrogen (secondary N) is 1.